The van der Waals surface area contributed by atoms with Crippen LogP contribution in [0.15, 0.2) is 12.1 Å². The number of aromatic nitrogens is 2. The molecule has 0 aliphatic carbocycles. The topological polar surface area (TPSA) is 47.0 Å². The van der Waals surface area contributed by atoms with Gasteiger partial charge in [0.2, 0.25) is 5.88 Å². The number of nitrogens with one attached hydrogen (secondary N) is 1. The second-order valence-corrected chi connectivity index (χ2v) is 4.65. The molecular weight excluding hydrogens is 214 g/mol. The Morgan fingerprint density at radius 1 is 1.35 bits per heavy atom. The van der Waals surface area contributed by atoms with Gasteiger partial charge in [0.1, 0.15) is 0 Å². The van der Waals surface area contributed by atoms with Crippen LogP contribution in [-0.4, -0.2) is 29.4 Å². The smallest absolute Gasteiger partial charge is 0.233 e. The first kappa shape index (κ1) is 12.3. The summed E-state index contributed by atoms with van der Waals surface area (Å²) in [6, 6.07) is 4.49. The molecule has 0 saturated carbocycles. The van der Waals surface area contributed by atoms with Crippen molar-refractivity contribution in [1.29, 1.82) is 0 Å². The van der Waals surface area contributed by atoms with E-state index in [2.05, 4.69) is 15.5 Å². The predicted molar refractivity (Wildman–Crippen MR) is 67.1 cm³/mol. The number of aryl methyl sites for hydroxylation is 1. The van der Waals surface area contributed by atoms with Crippen LogP contribution >= 0.6 is 0 Å². The van der Waals surface area contributed by atoms with Gasteiger partial charge in [-0.05, 0) is 45.2 Å². The standard InChI is InChI=1S/C13H21N3O/c1-11-7-8-13(16-15-11)17-10-4-6-12-5-2-3-9-14-12/h7-8,12,14H,2-6,9-10H2,1H3. The maximum absolute atomic E-state index is 5.55. The number of piperidine rings is 1. The number of ether oxygens (including phenoxy) is 1. The zero-order valence-corrected chi connectivity index (χ0v) is 10.5. The maximum Gasteiger partial charge on any atom is 0.233 e. The third-order valence-electron chi connectivity index (χ3n) is 3.13. The van der Waals surface area contributed by atoms with Gasteiger partial charge in [-0.2, -0.15) is 5.10 Å². The minimum atomic E-state index is 0.632. The van der Waals surface area contributed by atoms with Gasteiger partial charge in [0, 0.05) is 12.1 Å². The Bertz CT molecular complexity index is 320. The molecule has 0 aromatic carbocycles. The third-order valence-corrected chi connectivity index (χ3v) is 3.13. The van der Waals surface area contributed by atoms with Crippen LogP contribution in [0.25, 0.3) is 0 Å². The highest BCUT2D eigenvalue weighted by Gasteiger charge is 2.11. The summed E-state index contributed by atoms with van der Waals surface area (Å²) < 4.78 is 5.55. The van der Waals surface area contributed by atoms with Gasteiger partial charge in [0.05, 0.1) is 12.3 Å². The van der Waals surface area contributed by atoms with E-state index in [4.69, 9.17) is 4.74 Å². The predicted octanol–water partition coefficient (Wildman–Crippen LogP) is 2.09. The van der Waals surface area contributed by atoms with Gasteiger partial charge in [0.25, 0.3) is 0 Å². The van der Waals surface area contributed by atoms with Crippen molar-refractivity contribution in [2.45, 2.75) is 45.1 Å². The molecule has 17 heavy (non-hydrogen) atoms. The van der Waals surface area contributed by atoms with Gasteiger partial charge in [-0.1, -0.05) is 6.42 Å². The van der Waals surface area contributed by atoms with Crippen molar-refractivity contribution in [3.8, 4) is 5.88 Å². The molecule has 1 aliphatic heterocycles. The van der Waals surface area contributed by atoms with Crippen LogP contribution in [0.1, 0.15) is 37.8 Å². The van der Waals surface area contributed by atoms with Gasteiger partial charge in [-0.15, -0.1) is 5.10 Å². The number of hydrogen-bond acceptors (Lipinski definition) is 4. The molecule has 1 N–H and O–H groups in total. The van der Waals surface area contributed by atoms with Gasteiger partial charge in [0.15, 0.2) is 0 Å². The molecule has 1 unspecified atom stereocenters. The summed E-state index contributed by atoms with van der Waals surface area (Å²) in [4.78, 5) is 0. The van der Waals surface area contributed by atoms with Gasteiger partial charge in [-0.25, -0.2) is 0 Å². The van der Waals surface area contributed by atoms with Crippen LogP contribution < -0.4 is 10.1 Å². The lowest BCUT2D eigenvalue weighted by Crippen LogP contribution is -2.34. The Morgan fingerprint density at radius 3 is 3.00 bits per heavy atom. The Labute approximate surface area is 103 Å². The average Bonchev–Trinajstić information content (AvgIpc) is 2.38. The first-order chi connectivity index (χ1) is 8.34. The highest BCUT2D eigenvalue weighted by molar-refractivity contribution is 5.09. The van der Waals surface area contributed by atoms with Crippen molar-refractivity contribution in [1.82, 2.24) is 15.5 Å². The molecule has 1 aromatic heterocycles. The lowest BCUT2D eigenvalue weighted by molar-refractivity contribution is 0.274. The Hall–Kier alpha value is -1.16. The molecule has 2 heterocycles. The Balaban J connectivity index is 1.60. The second kappa shape index (κ2) is 6.55. The van der Waals surface area contributed by atoms with Gasteiger partial charge in [-0.3, -0.25) is 0 Å². The lowest BCUT2D eigenvalue weighted by atomic mass is 10.0. The van der Waals surface area contributed by atoms with Crippen LogP contribution in [-0.2, 0) is 0 Å². The van der Waals surface area contributed by atoms with Crippen LogP contribution in [0, 0.1) is 6.92 Å². The lowest BCUT2D eigenvalue weighted by Gasteiger charge is -2.23. The van der Waals surface area contributed by atoms with E-state index in [-0.39, 0.29) is 0 Å². The first-order valence-electron chi connectivity index (χ1n) is 6.51. The molecule has 2 rings (SSSR count). The summed E-state index contributed by atoms with van der Waals surface area (Å²) in [5, 5.41) is 11.5. The highest BCUT2D eigenvalue weighted by atomic mass is 16.5. The van der Waals surface area contributed by atoms with E-state index >= 15 is 0 Å². The molecule has 0 bridgehead atoms. The Kier molecular flexibility index (Phi) is 4.74. The third kappa shape index (κ3) is 4.30. The largest absolute Gasteiger partial charge is 0.477 e. The zero-order valence-electron chi connectivity index (χ0n) is 10.5. The molecule has 1 atom stereocenters. The normalized spacial score (nSPS) is 20.2. The molecule has 1 saturated heterocycles. The SMILES string of the molecule is Cc1ccc(OCCCC2CCCCN2)nn1. The monoisotopic (exact) mass is 235 g/mol. The number of nitrogens with zero attached hydrogens (tertiary/aromatic N) is 2. The molecule has 0 spiro atoms. The minimum absolute atomic E-state index is 0.632. The van der Waals surface area contributed by atoms with E-state index in [1.165, 1.54) is 32.2 Å². The second-order valence-electron chi connectivity index (χ2n) is 4.65. The molecule has 0 radical (unpaired) electrons. The summed E-state index contributed by atoms with van der Waals surface area (Å²) in [7, 11) is 0. The molecule has 94 valence electrons. The molecule has 1 fully saturated rings. The quantitative estimate of drug-likeness (QED) is 0.794. The fourth-order valence-corrected chi connectivity index (χ4v) is 2.14. The van der Waals surface area contributed by atoms with E-state index in [1.807, 2.05) is 19.1 Å². The molecule has 0 amide bonds. The summed E-state index contributed by atoms with van der Waals surface area (Å²) in [6.07, 6.45) is 6.27. The molecule has 1 aromatic rings. The highest BCUT2D eigenvalue weighted by Crippen LogP contribution is 2.12. The number of hydrogen-bond donors (Lipinski definition) is 1. The fraction of sp³-hybridized carbons (Fsp3) is 0.692. The average molecular weight is 235 g/mol. The molecular formula is C13H21N3O. The Morgan fingerprint density at radius 2 is 2.29 bits per heavy atom. The van der Waals surface area contributed by atoms with Crippen LogP contribution in [0.5, 0.6) is 5.88 Å². The van der Waals surface area contributed by atoms with Crippen molar-refractivity contribution < 1.29 is 4.74 Å². The zero-order chi connectivity index (χ0) is 11.9. The van der Waals surface area contributed by atoms with E-state index in [0.29, 0.717) is 11.9 Å². The summed E-state index contributed by atoms with van der Waals surface area (Å²) in [6.45, 7) is 3.83. The van der Waals surface area contributed by atoms with E-state index in [1.54, 1.807) is 0 Å². The van der Waals surface area contributed by atoms with Crippen LogP contribution in [0.2, 0.25) is 0 Å². The minimum Gasteiger partial charge on any atom is -0.477 e. The van der Waals surface area contributed by atoms with Crippen LogP contribution in [0.3, 0.4) is 0 Å². The molecule has 1 aliphatic rings. The van der Waals surface area contributed by atoms with Gasteiger partial charge >= 0.3 is 0 Å². The van der Waals surface area contributed by atoms with E-state index in [0.717, 1.165) is 18.7 Å². The van der Waals surface area contributed by atoms with E-state index < -0.39 is 0 Å². The molecule has 4 heteroatoms. The van der Waals surface area contributed by atoms with Crippen molar-refractivity contribution in [2.24, 2.45) is 0 Å². The fourth-order valence-electron chi connectivity index (χ4n) is 2.14. The maximum atomic E-state index is 5.55. The van der Waals surface area contributed by atoms with Crippen molar-refractivity contribution >= 4 is 0 Å². The first-order valence-corrected chi connectivity index (χ1v) is 6.51. The van der Waals surface area contributed by atoms with Crippen molar-refractivity contribution in [2.75, 3.05) is 13.2 Å². The summed E-state index contributed by atoms with van der Waals surface area (Å²) in [5.41, 5.74) is 0.920. The summed E-state index contributed by atoms with van der Waals surface area (Å²) in [5.74, 6) is 0.632. The van der Waals surface area contributed by atoms with E-state index in [9.17, 15) is 0 Å². The van der Waals surface area contributed by atoms with Gasteiger partial charge < -0.3 is 10.1 Å². The van der Waals surface area contributed by atoms with Crippen molar-refractivity contribution in [3.63, 3.8) is 0 Å². The van der Waals surface area contributed by atoms with Crippen LogP contribution in [0.4, 0.5) is 0 Å². The number of rotatable bonds is 5. The molecule has 4 nitrogen and oxygen atoms in total. The summed E-state index contributed by atoms with van der Waals surface area (Å²) >= 11 is 0. The van der Waals surface area contributed by atoms with Crippen molar-refractivity contribution in [3.05, 3.63) is 17.8 Å².